The molecule has 0 aliphatic carbocycles. The predicted molar refractivity (Wildman–Crippen MR) is 170 cm³/mol. The number of unbranched alkanes of at least 4 members (excludes halogenated alkanes) is 20. The van der Waals surface area contributed by atoms with Crippen molar-refractivity contribution >= 4 is 11.6 Å². The number of carbonyl (C=O) groups is 2. The van der Waals surface area contributed by atoms with Crippen LogP contribution in [0.4, 0.5) is 0 Å². The molecule has 3 N–H and O–H groups in total. The Kier molecular flexibility index (Phi) is 25.4. The molecule has 0 fully saturated rings. The molecular formula is C35H69NO4. The van der Waals surface area contributed by atoms with Gasteiger partial charge in [0.25, 0.3) is 0 Å². The van der Waals surface area contributed by atoms with Crippen LogP contribution in [0.3, 0.4) is 0 Å². The molecule has 0 saturated carbocycles. The molecule has 0 aliphatic heterocycles. The molecule has 0 aromatic heterocycles. The molecule has 0 bridgehead atoms. The van der Waals surface area contributed by atoms with Gasteiger partial charge in [0, 0.05) is 12.8 Å². The van der Waals surface area contributed by atoms with Gasteiger partial charge < -0.3 is 10.2 Å². The summed E-state index contributed by atoms with van der Waals surface area (Å²) in [6.45, 7) is 9.74. The summed E-state index contributed by atoms with van der Waals surface area (Å²) in [7, 11) is 0. The number of Topliss-reactive ketones (excluding diaryl/α,β-unsaturated/α-hetero) is 2. The zero-order valence-corrected chi connectivity index (χ0v) is 27.4. The van der Waals surface area contributed by atoms with Gasteiger partial charge in [-0.25, -0.2) is 0 Å². The number of carbonyl (C=O) groups excluding carboxylic acids is 2. The van der Waals surface area contributed by atoms with Gasteiger partial charge >= 0.3 is 0 Å². The molecule has 0 rings (SSSR count). The second kappa shape index (κ2) is 25.9. The van der Waals surface area contributed by atoms with Crippen LogP contribution in [-0.4, -0.2) is 34.2 Å². The van der Waals surface area contributed by atoms with E-state index >= 15 is 0 Å². The van der Waals surface area contributed by atoms with Crippen molar-refractivity contribution in [2.24, 2.45) is 11.3 Å². The quantitative estimate of drug-likeness (QED) is 0.0457. The fourth-order valence-corrected chi connectivity index (χ4v) is 5.40. The van der Waals surface area contributed by atoms with E-state index in [1.807, 2.05) is 13.8 Å². The lowest BCUT2D eigenvalue weighted by molar-refractivity contribution is -0.151. The first-order valence-corrected chi connectivity index (χ1v) is 17.4. The third-order valence-electron chi connectivity index (χ3n) is 8.68. The molecule has 238 valence electrons. The molecule has 0 amide bonds. The van der Waals surface area contributed by atoms with E-state index < -0.39 is 17.9 Å². The number of aliphatic hydroxyl groups excluding tert-OH is 2. The minimum atomic E-state index is -1.52. The van der Waals surface area contributed by atoms with Gasteiger partial charge in [0.15, 0.2) is 0 Å². The van der Waals surface area contributed by atoms with E-state index in [-0.39, 0.29) is 17.5 Å². The Morgan fingerprint density at radius 1 is 0.550 bits per heavy atom. The number of aliphatic hydroxyl groups is 2. The molecule has 0 aromatic rings. The summed E-state index contributed by atoms with van der Waals surface area (Å²) in [5.74, 6) is -0.540. The Balaban J connectivity index is 4.53. The van der Waals surface area contributed by atoms with E-state index in [0.717, 1.165) is 38.5 Å². The van der Waals surface area contributed by atoms with Crippen LogP contribution in [0.1, 0.15) is 189 Å². The number of ketones is 2. The fraction of sp³-hybridized carbons (Fsp3) is 0.943. The molecule has 0 heterocycles. The van der Waals surface area contributed by atoms with Gasteiger partial charge in [-0.05, 0) is 25.7 Å². The summed E-state index contributed by atoms with van der Waals surface area (Å²) < 4.78 is 0. The molecule has 2 unspecified atom stereocenters. The normalized spacial score (nSPS) is 13.6. The van der Waals surface area contributed by atoms with E-state index in [2.05, 4.69) is 19.2 Å². The van der Waals surface area contributed by atoms with Gasteiger partial charge in [-0.2, -0.15) is 0 Å². The summed E-state index contributed by atoms with van der Waals surface area (Å²) >= 11 is 0. The lowest BCUT2D eigenvalue weighted by atomic mass is 9.75. The van der Waals surface area contributed by atoms with Crippen LogP contribution in [0.2, 0.25) is 0 Å². The van der Waals surface area contributed by atoms with Crippen LogP contribution >= 0.6 is 0 Å². The zero-order chi connectivity index (χ0) is 30.1. The maximum absolute atomic E-state index is 13.4. The third-order valence-corrected chi connectivity index (χ3v) is 8.68. The topological polar surface area (TPSA) is 86.6 Å². The predicted octanol–water partition coefficient (Wildman–Crippen LogP) is 9.42. The molecule has 0 radical (unpaired) electrons. The molecular weight excluding hydrogens is 498 g/mol. The van der Waals surface area contributed by atoms with Crippen molar-refractivity contribution in [1.29, 1.82) is 0 Å². The Morgan fingerprint density at radius 3 is 1.10 bits per heavy atom. The van der Waals surface area contributed by atoms with E-state index in [1.54, 1.807) is 6.92 Å². The minimum absolute atomic E-state index is 0.137. The SMILES string of the molecule is CCCCCCCCCCCCCC(=O)C(C)(C(=O)CCCCCCCCCCCCC)C(O)NC(O)C(C)C. The summed E-state index contributed by atoms with van der Waals surface area (Å²) in [5, 5.41) is 24.0. The Labute approximate surface area is 249 Å². The number of hydrogen-bond donors (Lipinski definition) is 3. The molecule has 5 nitrogen and oxygen atoms in total. The van der Waals surface area contributed by atoms with Crippen molar-refractivity contribution in [3.05, 3.63) is 0 Å². The van der Waals surface area contributed by atoms with Gasteiger partial charge in [0.2, 0.25) is 0 Å². The molecule has 5 heteroatoms. The van der Waals surface area contributed by atoms with Crippen LogP contribution in [0.25, 0.3) is 0 Å². The van der Waals surface area contributed by atoms with E-state index in [0.29, 0.717) is 12.8 Å². The Hall–Kier alpha value is -0.780. The van der Waals surface area contributed by atoms with Gasteiger partial charge in [-0.1, -0.05) is 156 Å². The van der Waals surface area contributed by atoms with Crippen LogP contribution < -0.4 is 5.32 Å². The average Bonchev–Trinajstić information content (AvgIpc) is 2.93. The largest absolute Gasteiger partial charge is 0.378 e. The zero-order valence-electron chi connectivity index (χ0n) is 27.4. The smallest absolute Gasteiger partial charge is 0.150 e. The van der Waals surface area contributed by atoms with Gasteiger partial charge in [-0.3, -0.25) is 14.9 Å². The minimum Gasteiger partial charge on any atom is -0.378 e. The maximum Gasteiger partial charge on any atom is 0.150 e. The third kappa shape index (κ3) is 18.6. The van der Waals surface area contributed by atoms with E-state index in [9.17, 15) is 19.8 Å². The highest BCUT2D eigenvalue weighted by Crippen LogP contribution is 2.29. The lowest BCUT2D eigenvalue weighted by Crippen LogP contribution is -2.56. The lowest BCUT2D eigenvalue weighted by Gasteiger charge is -2.34. The number of nitrogens with one attached hydrogen (secondary N) is 1. The van der Waals surface area contributed by atoms with Crippen LogP contribution in [0, 0.1) is 11.3 Å². The van der Waals surface area contributed by atoms with Gasteiger partial charge in [0.1, 0.15) is 29.4 Å². The highest BCUT2D eigenvalue weighted by Gasteiger charge is 2.46. The highest BCUT2D eigenvalue weighted by atomic mass is 16.3. The van der Waals surface area contributed by atoms with Crippen LogP contribution in [0.5, 0.6) is 0 Å². The van der Waals surface area contributed by atoms with Crippen molar-refractivity contribution in [3.63, 3.8) is 0 Å². The van der Waals surface area contributed by atoms with Crippen molar-refractivity contribution in [2.75, 3.05) is 0 Å². The summed E-state index contributed by atoms with van der Waals surface area (Å²) in [6.07, 6.45) is 24.7. The average molecular weight is 568 g/mol. The van der Waals surface area contributed by atoms with Crippen molar-refractivity contribution in [3.8, 4) is 0 Å². The summed E-state index contributed by atoms with van der Waals surface area (Å²) in [5.41, 5.74) is -1.52. The van der Waals surface area contributed by atoms with E-state index in [4.69, 9.17) is 0 Å². The Bertz CT molecular complexity index is 568. The highest BCUT2D eigenvalue weighted by molar-refractivity contribution is 6.07. The number of rotatable bonds is 30. The molecule has 0 spiro atoms. The molecule has 0 aliphatic rings. The second-order valence-electron chi connectivity index (χ2n) is 12.9. The fourth-order valence-electron chi connectivity index (χ4n) is 5.40. The van der Waals surface area contributed by atoms with Crippen LogP contribution in [0.15, 0.2) is 0 Å². The molecule has 2 atom stereocenters. The molecule has 0 saturated heterocycles. The van der Waals surface area contributed by atoms with Crippen LogP contribution in [-0.2, 0) is 9.59 Å². The van der Waals surface area contributed by atoms with Gasteiger partial charge in [-0.15, -0.1) is 0 Å². The maximum atomic E-state index is 13.4. The van der Waals surface area contributed by atoms with Gasteiger partial charge in [0.05, 0.1) is 0 Å². The van der Waals surface area contributed by atoms with Crippen molar-refractivity contribution in [1.82, 2.24) is 5.32 Å². The number of hydrogen-bond acceptors (Lipinski definition) is 5. The standard InChI is InChI=1S/C35H69NO4/c1-6-8-10-12-14-16-18-20-22-24-26-28-31(37)35(5,34(40)36-33(39)30(3)4)32(38)29-27-25-23-21-19-17-15-13-11-9-7-2/h30,33-34,36,39-40H,6-29H2,1-5H3. The first kappa shape index (κ1) is 39.2. The first-order chi connectivity index (χ1) is 19.2. The Morgan fingerprint density at radius 2 is 0.825 bits per heavy atom. The van der Waals surface area contributed by atoms with Crippen molar-refractivity contribution < 1.29 is 19.8 Å². The van der Waals surface area contributed by atoms with E-state index in [1.165, 1.54) is 103 Å². The first-order valence-electron chi connectivity index (χ1n) is 17.4. The van der Waals surface area contributed by atoms with Crippen molar-refractivity contribution in [2.45, 2.75) is 201 Å². The summed E-state index contributed by atoms with van der Waals surface area (Å²) in [6, 6.07) is 0. The second-order valence-corrected chi connectivity index (χ2v) is 12.9. The molecule has 0 aromatic carbocycles. The summed E-state index contributed by atoms with van der Waals surface area (Å²) in [4.78, 5) is 26.7. The molecule has 40 heavy (non-hydrogen) atoms. The monoisotopic (exact) mass is 568 g/mol.